The summed E-state index contributed by atoms with van der Waals surface area (Å²) < 4.78 is 11.2. The summed E-state index contributed by atoms with van der Waals surface area (Å²) in [6.07, 6.45) is 2.60. The molecule has 7 heteroatoms. The summed E-state index contributed by atoms with van der Waals surface area (Å²) in [7, 11) is 0. The molecule has 0 atom stereocenters. The van der Waals surface area contributed by atoms with Crippen LogP contribution in [0.1, 0.15) is 12.8 Å². The number of nitrogens with two attached hydrogens (primary N) is 1. The van der Waals surface area contributed by atoms with E-state index in [0.29, 0.717) is 18.3 Å². The average Bonchev–Trinajstić information content (AvgIpc) is 3.09. The molecule has 1 aromatic heterocycles. The number of hydrogen-bond acceptors (Lipinski definition) is 7. The van der Waals surface area contributed by atoms with Gasteiger partial charge in [0.15, 0.2) is 0 Å². The topological polar surface area (TPSA) is 75.9 Å². The molecule has 3 rings (SSSR count). The Morgan fingerprint density at radius 1 is 1.18 bits per heavy atom. The molecular formula is C15H25N5O2. The lowest BCUT2D eigenvalue weighted by atomic mass is 10.3. The number of anilines is 2. The first kappa shape index (κ1) is 15.3. The van der Waals surface area contributed by atoms with E-state index < -0.39 is 0 Å². The standard InChI is InChI=1S/C15H25N5O2/c16-18-14-11-13(20-6-8-21-9-7-20)12-15(17-14)22-10-5-19-3-1-2-4-19/h11-12H,1-10,16H2,(H,17,18). The molecule has 22 heavy (non-hydrogen) atoms. The predicted molar refractivity (Wildman–Crippen MR) is 86.2 cm³/mol. The molecule has 0 unspecified atom stereocenters. The Morgan fingerprint density at radius 3 is 2.68 bits per heavy atom. The lowest BCUT2D eigenvalue weighted by molar-refractivity contribution is 0.122. The zero-order chi connectivity index (χ0) is 15.2. The maximum atomic E-state index is 5.84. The average molecular weight is 307 g/mol. The molecule has 2 aliphatic rings. The van der Waals surface area contributed by atoms with Gasteiger partial charge >= 0.3 is 0 Å². The highest BCUT2D eigenvalue weighted by Gasteiger charge is 2.15. The summed E-state index contributed by atoms with van der Waals surface area (Å²) in [5.41, 5.74) is 3.69. The van der Waals surface area contributed by atoms with Gasteiger partial charge in [0, 0.05) is 37.5 Å². The van der Waals surface area contributed by atoms with Crippen LogP contribution < -0.4 is 20.9 Å². The number of morpholine rings is 1. The maximum absolute atomic E-state index is 5.84. The molecular weight excluding hydrogens is 282 g/mol. The highest BCUT2D eigenvalue weighted by atomic mass is 16.5. The molecule has 7 nitrogen and oxygen atoms in total. The fraction of sp³-hybridized carbons (Fsp3) is 0.667. The molecule has 0 aliphatic carbocycles. The predicted octanol–water partition coefficient (Wildman–Crippen LogP) is 0.678. The quantitative estimate of drug-likeness (QED) is 0.591. The van der Waals surface area contributed by atoms with Gasteiger partial charge in [-0.2, -0.15) is 4.98 Å². The number of hydrogen-bond donors (Lipinski definition) is 2. The van der Waals surface area contributed by atoms with Gasteiger partial charge in [0.2, 0.25) is 5.88 Å². The fourth-order valence-electron chi connectivity index (χ4n) is 2.93. The minimum Gasteiger partial charge on any atom is -0.476 e. The van der Waals surface area contributed by atoms with E-state index in [-0.39, 0.29) is 0 Å². The van der Waals surface area contributed by atoms with E-state index in [1.54, 1.807) is 0 Å². The second-order valence-corrected chi connectivity index (χ2v) is 5.69. The van der Waals surface area contributed by atoms with Crippen molar-refractivity contribution in [3.05, 3.63) is 12.1 Å². The fourth-order valence-corrected chi connectivity index (χ4v) is 2.93. The number of rotatable bonds is 6. The summed E-state index contributed by atoms with van der Waals surface area (Å²) in [4.78, 5) is 9.06. The van der Waals surface area contributed by atoms with E-state index in [0.717, 1.165) is 38.5 Å². The van der Waals surface area contributed by atoms with Crippen molar-refractivity contribution in [2.45, 2.75) is 12.8 Å². The molecule has 2 saturated heterocycles. The number of ether oxygens (including phenoxy) is 2. The normalized spacial score (nSPS) is 19.4. The van der Waals surface area contributed by atoms with Crippen molar-refractivity contribution < 1.29 is 9.47 Å². The molecule has 2 aliphatic heterocycles. The summed E-state index contributed by atoms with van der Waals surface area (Å²) in [6, 6.07) is 3.93. The van der Waals surface area contributed by atoms with Crippen LogP contribution in [-0.4, -0.2) is 62.4 Å². The van der Waals surface area contributed by atoms with Crippen LogP contribution in [0.25, 0.3) is 0 Å². The van der Waals surface area contributed by atoms with Crippen molar-refractivity contribution in [3.8, 4) is 5.88 Å². The Bertz CT molecular complexity index is 473. The van der Waals surface area contributed by atoms with E-state index in [1.165, 1.54) is 25.9 Å². The smallest absolute Gasteiger partial charge is 0.217 e. The molecule has 0 aromatic carbocycles. The Labute approximate surface area is 131 Å². The van der Waals surface area contributed by atoms with Crippen LogP contribution in [-0.2, 0) is 4.74 Å². The second-order valence-electron chi connectivity index (χ2n) is 5.69. The first-order valence-corrected chi connectivity index (χ1v) is 8.02. The van der Waals surface area contributed by atoms with Gasteiger partial charge in [-0.1, -0.05) is 0 Å². The molecule has 3 heterocycles. The third kappa shape index (κ3) is 4.00. The third-order valence-corrected chi connectivity index (χ3v) is 4.17. The SMILES string of the molecule is NNc1cc(N2CCOCC2)cc(OCCN2CCCC2)n1. The summed E-state index contributed by atoms with van der Waals surface area (Å²) in [6.45, 7) is 7.22. The summed E-state index contributed by atoms with van der Waals surface area (Å²) >= 11 is 0. The van der Waals surface area contributed by atoms with Gasteiger partial charge in [-0.05, 0) is 25.9 Å². The van der Waals surface area contributed by atoms with Crippen molar-refractivity contribution in [1.82, 2.24) is 9.88 Å². The van der Waals surface area contributed by atoms with Gasteiger partial charge in [-0.15, -0.1) is 0 Å². The van der Waals surface area contributed by atoms with E-state index in [1.807, 2.05) is 12.1 Å². The van der Waals surface area contributed by atoms with Gasteiger partial charge in [0.05, 0.1) is 13.2 Å². The van der Waals surface area contributed by atoms with E-state index in [2.05, 4.69) is 20.2 Å². The zero-order valence-corrected chi connectivity index (χ0v) is 13.0. The first-order valence-electron chi connectivity index (χ1n) is 8.02. The number of aromatic nitrogens is 1. The number of hydrazine groups is 1. The minimum absolute atomic E-state index is 0.621. The van der Waals surface area contributed by atoms with Crippen molar-refractivity contribution in [2.75, 3.05) is 62.9 Å². The molecule has 0 spiro atoms. The van der Waals surface area contributed by atoms with Crippen molar-refractivity contribution in [2.24, 2.45) is 5.84 Å². The van der Waals surface area contributed by atoms with Crippen LogP contribution in [0.2, 0.25) is 0 Å². The third-order valence-electron chi connectivity index (χ3n) is 4.17. The molecule has 3 N–H and O–H groups in total. The van der Waals surface area contributed by atoms with Crippen LogP contribution in [0.4, 0.5) is 11.5 Å². The zero-order valence-electron chi connectivity index (χ0n) is 13.0. The van der Waals surface area contributed by atoms with Crippen LogP contribution in [0.15, 0.2) is 12.1 Å². The van der Waals surface area contributed by atoms with Crippen molar-refractivity contribution in [3.63, 3.8) is 0 Å². The number of nitrogen functional groups attached to an aromatic ring is 1. The van der Waals surface area contributed by atoms with E-state index in [9.17, 15) is 0 Å². The van der Waals surface area contributed by atoms with Crippen LogP contribution in [0.3, 0.4) is 0 Å². The molecule has 2 fully saturated rings. The summed E-state index contributed by atoms with van der Waals surface area (Å²) in [5, 5.41) is 0. The monoisotopic (exact) mass is 307 g/mol. The number of likely N-dealkylation sites (tertiary alicyclic amines) is 1. The molecule has 0 radical (unpaired) electrons. The van der Waals surface area contributed by atoms with Crippen LogP contribution >= 0.6 is 0 Å². The first-order chi connectivity index (χ1) is 10.8. The Morgan fingerprint density at radius 2 is 1.95 bits per heavy atom. The maximum Gasteiger partial charge on any atom is 0.217 e. The lowest BCUT2D eigenvalue weighted by Crippen LogP contribution is -2.36. The highest BCUT2D eigenvalue weighted by molar-refractivity contribution is 5.56. The van der Waals surface area contributed by atoms with Gasteiger partial charge in [-0.25, -0.2) is 5.84 Å². The Hall–Kier alpha value is -1.57. The largest absolute Gasteiger partial charge is 0.476 e. The number of nitrogens with zero attached hydrogens (tertiary/aromatic N) is 3. The van der Waals surface area contributed by atoms with Gasteiger partial charge in [-0.3, -0.25) is 4.90 Å². The molecule has 0 amide bonds. The van der Waals surface area contributed by atoms with Gasteiger partial charge < -0.3 is 19.8 Å². The molecule has 122 valence electrons. The van der Waals surface area contributed by atoms with E-state index in [4.69, 9.17) is 15.3 Å². The lowest BCUT2D eigenvalue weighted by Gasteiger charge is -2.29. The van der Waals surface area contributed by atoms with Gasteiger partial charge in [0.25, 0.3) is 0 Å². The second kappa shape index (κ2) is 7.62. The van der Waals surface area contributed by atoms with Crippen LogP contribution in [0, 0.1) is 0 Å². The minimum atomic E-state index is 0.621. The Balaban J connectivity index is 1.61. The van der Waals surface area contributed by atoms with Crippen molar-refractivity contribution >= 4 is 11.5 Å². The van der Waals surface area contributed by atoms with Gasteiger partial charge in [0.1, 0.15) is 12.4 Å². The highest BCUT2D eigenvalue weighted by Crippen LogP contribution is 2.24. The summed E-state index contributed by atoms with van der Waals surface area (Å²) in [5.74, 6) is 6.77. The molecule has 0 saturated carbocycles. The molecule has 1 aromatic rings. The van der Waals surface area contributed by atoms with Crippen molar-refractivity contribution in [1.29, 1.82) is 0 Å². The number of pyridine rings is 1. The Kier molecular flexibility index (Phi) is 5.31. The van der Waals surface area contributed by atoms with E-state index >= 15 is 0 Å². The number of nitrogens with one attached hydrogen (secondary N) is 1. The molecule has 0 bridgehead atoms. The van der Waals surface area contributed by atoms with Crippen LogP contribution in [0.5, 0.6) is 5.88 Å².